The quantitative estimate of drug-likeness (QED) is 0.473. The summed E-state index contributed by atoms with van der Waals surface area (Å²) in [7, 11) is 1.63. The van der Waals surface area contributed by atoms with Gasteiger partial charge in [-0.3, -0.25) is 0 Å². The van der Waals surface area contributed by atoms with Gasteiger partial charge in [-0.25, -0.2) is 9.03 Å². The zero-order chi connectivity index (χ0) is 21.2. The lowest BCUT2D eigenvalue weighted by Crippen LogP contribution is -2.31. The molecule has 0 amide bonds. The van der Waals surface area contributed by atoms with E-state index in [2.05, 4.69) is 26.6 Å². The average molecular weight is 422 g/mol. The Hall–Kier alpha value is -3.17. The molecule has 1 saturated carbocycles. The molecule has 4 heterocycles. The van der Waals surface area contributed by atoms with Gasteiger partial charge in [0.2, 0.25) is 11.8 Å². The molecule has 0 unspecified atom stereocenters. The standard InChI is InChI=1S/C22H26N6O3/c1-30-21-20-19(15-7-10-27-17(14-15)6-9-23-27)8-11-28(20)26-22(25-21)24-16-2-4-18(5-3-16)31-13-12-29/h6-11,14,16,18,29H,2-5,12-13H2,1H3,(H,24,26). The first-order valence-electron chi connectivity index (χ1n) is 10.6. The van der Waals surface area contributed by atoms with E-state index in [1.807, 2.05) is 39.6 Å². The highest BCUT2D eigenvalue weighted by Crippen LogP contribution is 2.32. The van der Waals surface area contributed by atoms with Crippen LogP contribution in [0.4, 0.5) is 5.95 Å². The minimum absolute atomic E-state index is 0.0704. The van der Waals surface area contributed by atoms with Gasteiger partial charge in [-0.2, -0.15) is 10.1 Å². The summed E-state index contributed by atoms with van der Waals surface area (Å²) >= 11 is 0. The van der Waals surface area contributed by atoms with Crippen molar-refractivity contribution in [1.29, 1.82) is 0 Å². The third-order valence-corrected chi connectivity index (χ3v) is 5.84. The Bertz CT molecular complexity index is 1180. The number of ether oxygens (including phenoxy) is 2. The van der Waals surface area contributed by atoms with Crippen LogP contribution in [0, 0.1) is 0 Å². The second-order valence-electron chi connectivity index (χ2n) is 7.80. The monoisotopic (exact) mass is 422 g/mol. The van der Waals surface area contributed by atoms with E-state index in [-0.39, 0.29) is 18.8 Å². The number of methoxy groups -OCH3 is 1. The molecule has 0 aromatic carbocycles. The second-order valence-corrected chi connectivity index (χ2v) is 7.80. The number of pyridine rings is 1. The second kappa shape index (κ2) is 8.52. The number of rotatable bonds is 7. The van der Waals surface area contributed by atoms with E-state index in [1.54, 1.807) is 13.3 Å². The zero-order valence-electron chi connectivity index (χ0n) is 17.4. The summed E-state index contributed by atoms with van der Waals surface area (Å²) in [6.45, 7) is 0.477. The van der Waals surface area contributed by atoms with Crippen LogP contribution in [0.25, 0.3) is 22.2 Å². The summed E-state index contributed by atoms with van der Waals surface area (Å²) < 4.78 is 14.9. The molecule has 0 atom stereocenters. The van der Waals surface area contributed by atoms with Gasteiger partial charge in [-0.15, -0.1) is 5.10 Å². The van der Waals surface area contributed by atoms with Gasteiger partial charge in [0.25, 0.3) is 0 Å². The van der Waals surface area contributed by atoms with Crippen molar-refractivity contribution >= 4 is 17.0 Å². The normalized spacial score (nSPS) is 19.2. The molecule has 0 spiro atoms. The first kappa shape index (κ1) is 19.8. The van der Waals surface area contributed by atoms with Gasteiger partial charge in [0.15, 0.2) is 0 Å². The highest BCUT2D eigenvalue weighted by molar-refractivity contribution is 5.85. The molecule has 1 fully saturated rings. The molecule has 9 nitrogen and oxygen atoms in total. The molecule has 0 aliphatic heterocycles. The molecule has 0 radical (unpaired) electrons. The van der Waals surface area contributed by atoms with Crippen LogP contribution in [-0.4, -0.2) is 61.8 Å². The number of aliphatic hydroxyl groups excluding tert-OH is 1. The van der Waals surface area contributed by atoms with Crippen LogP contribution in [0.2, 0.25) is 0 Å². The minimum Gasteiger partial charge on any atom is -0.479 e. The maximum Gasteiger partial charge on any atom is 0.244 e. The maximum atomic E-state index is 8.92. The van der Waals surface area contributed by atoms with Gasteiger partial charge < -0.3 is 19.9 Å². The van der Waals surface area contributed by atoms with Gasteiger partial charge in [-0.1, -0.05) is 0 Å². The van der Waals surface area contributed by atoms with E-state index >= 15 is 0 Å². The first-order valence-corrected chi connectivity index (χ1v) is 10.6. The molecule has 0 bridgehead atoms. The molecule has 4 aromatic heterocycles. The molecule has 4 aromatic rings. The van der Waals surface area contributed by atoms with Crippen molar-refractivity contribution in [2.45, 2.75) is 37.8 Å². The number of hydrogen-bond acceptors (Lipinski definition) is 7. The number of aliphatic hydroxyl groups is 1. The number of fused-ring (bicyclic) bond motifs is 2. The summed E-state index contributed by atoms with van der Waals surface area (Å²) in [5.74, 6) is 1.09. The Morgan fingerprint density at radius 2 is 1.97 bits per heavy atom. The van der Waals surface area contributed by atoms with Crippen LogP contribution in [0.5, 0.6) is 5.88 Å². The van der Waals surface area contributed by atoms with Crippen molar-refractivity contribution in [1.82, 2.24) is 24.2 Å². The summed E-state index contributed by atoms with van der Waals surface area (Å²) in [5.41, 5.74) is 3.92. The summed E-state index contributed by atoms with van der Waals surface area (Å²) in [6.07, 6.45) is 9.75. The predicted octanol–water partition coefficient (Wildman–Crippen LogP) is 2.78. The fourth-order valence-corrected chi connectivity index (χ4v) is 4.29. The fourth-order valence-electron chi connectivity index (χ4n) is 4.29. The molecule has 1 aliphatic carbocycles. The molecule has 1 aliphatic rings. The lowest BCUT2D eigenvalue weighted by Gasteiger charge is -2.29. The molecular weight excluding hydrogens is 396 g/mol. The van der Waals surface area contributed by atoms with Crippen molar-refractivity contribution in [2.75, 3.05) is 25.6 Å². The van der Waals surface area contributed by atoms with Crippen LogP contribution in [0.15, 0.2) is 42.9 Å². The summed E-state index contributed by atoms with van der Waals surface area (Å²) in [6, 6.07) is 8.41. The molecular formula is C22H26N6O3. The van der Waals surface area contributed by atoms with Gasteiger partial charge in [0.1, 0.15) is 5.52 Å². The van der Waals surface area contributed by atoms with E-state index in [1.165, 1.54) is 0 Å². The number of anilines is 1. The van der Waals surface area contributed by atoms with Crippen molar-refractivity contribution in [3.8, 4) is 17.0 Å². The predicted molar refractivity (Wildman–Crippen MR) is 116 cm³/mol. The van der Waals surface area contributed by atoms with E-state index in [0.717, 1.165) is 47.8 Å². The molecule has 9 heteroatoms. The largest absolute Gasteiger partial charge is 0.479 e. The van der Waals surface area contributed by atoms with E-state index < -0.39 is 0 Å². The highest BCUT2D eigenvalue weighted by atomic mass is 16.5. The van der Waals surface area contributed by atoms with Crippen molar-refractivity contribution in [3.05, 3.63) is 42.9 Å². The molecule has 162 valence electrons. The van der Waals surface area contributed by atoms with Crippen molar-refractivity contribution in [3.63, 3.8) is 0 Å². The lowest BCUT2D eigenvalue weighted by molar-refractivity contribution is 0.00718. The number of aromatic nitrogens is 5. The lowest BCUT2D eigenvalue weighted by atomic mass is 9.93. The Balaban J connectivity index is 1.38. The van der Waals surface area contributed by atoms with E-state index in [0.29, 0.717) is 18.4 Å². The van der Waals surface area contributed by atoms with Crippen LogP contribution >= 0.6 is 0 Å². The van der Waals surface area contributed by atoms with Crippen LogP contribution in [-0.2, 0) is 4.74 Å². The van der Waals surface area contributed by atoms with Crippen molar-refractivity contribution < 1.29 is 14.6 Å². The van der Waals surface area contributed by atoms with Gasteiger partial charge in [0, 0.05) is 30.2 Å². The third-order valence-electron chi connectivity index (χ3n) is 5.84. The summed E-state index contributed by atoms with van der Waals surface area (Å²) in [4.78, 5) is 4.65. The Morgan fingerprint density at radius 3 is 2.77 bits per heavy atom. The maximum absolute atomic E-state index is 8.92. The van der Waals surface area contributed by atoms with E-state index in [9.17, 15) is 0 Å². The smallest absolute Gasteiger partial charge is 0.244 e. The van der Waals surface area contributed by atoms with Crippen LogP contribution in [0.3, 0.4) is 0 Å². The molecule has 0 saturated heterocycles. The molecule has 5 rings (SSSR count). The highest BCUT2D eigenvalue weighted by Gasteiger charge is 2.23. The van der Waals surface area contributed by atoms with Gasteiger partial charge in [0.05, 0.1) is 31.9 Å². The number of nitrogens with zero attached hydrogens (tertiary/aromatic N) is 5. The van der Waals surface area contributed by atoms with Gasteiger partial charge >= 0.3 is 0 Å². The number of nitrogens with one attached hydrogen (secondary N) is 1. The van der Waals surface area contributed by atoms with Crippen LogP contribution < -0.4 is 10.1 Å². The molecule has 2 N–H and O–H groups in total. The zero-order valence-corrected chi connectivity index (χ0v) is 17.4. The topological polar surface area (TPSA) is 98.2 Å². The minimum atomic E-state index is 0.0704. The Morgan fingerprint density at radius 1 is 1.13 bits per heavy atom. The summed E-state index contributed by atoms with van der Waals surface area (Å²) in [5, 5.41) is 21.3. The molecule has 31 heavy (non-hydrogen) atoms. The first-order chi connectivity index (χ1) is 15.2. The number of hydrogen-bond donors (Lipinski definition) is 2. The van der Waals surface area contributed by atoms with Crippen LogP contribution in [0.1, 0.15) is 25.7 Å². The van der Waals surface area contributed by atoms with Crippen molar-refractivity contribution in [2.24, 2.45) is 0 Å². The average Bonchev–Trinajstić information content (AvgIpc) is 3.44. The Labute approximate surface area is 179 Å². The third kappa shape index (κ3) is 3.94. The van der Waals surface area contributed by atoms with Gasteiger partial charge in [-0.05, 0) is 55.5 Å². The Kier molecular flexibility index (Phi) is 5.44. The SMILES string of the molecule is COc1nc(NC2CCC(OCCO)CC2)nn2ccc(-c3ccn4nccc4c3)c12. The fraction of sp³-hybridized carbons (Fsp3) is 0.409. The van der Waals surface area contributed by atoms with E-state index in [4.69, 9.17) is 14.6 Å².